The summed E-state index contributed by atoms with van der Waals surface area (Å²) in [6.07, 6.45) is 4.43. The number of hydrogen-bond acceptors (Lipinski definition) is 5. The Morgan fingerprint density at radius 3 is 2.77 bits per heavy atom. The number of benzene rings is 2. The normalized spacial score (nSPS) is 16.7. The Morgan fingerprint density at radius 1 is 1.13 bits per heavy atom. The van der Waals surface area contributed by atoms with Crippen molar-refractivity contribution in [3.05, 3.63) is 66.0 Å². The molecule has 1 unspecified atom stereocenters. The number of hydrogen-bond donors (Lipinski definition) is 1. The van der Waals surface area contributed by atoms with Crippen molar-refractivity contribution in [2.75, 3.05) is 18.0 Å². The van der Waals surface area contributed by atoms with Gasteiger partial charge in [-0.05, 0) is 42.5 Å². The van der Waals surface area contributed by atoms with E-state index in [2.05, 4.69) is 51.4 Å². The average Bonchev–Trinajstić information content (AvgIpc) is 3.22. The van der Waals surface area contributed by atoms with E-state index < -0.39 is 0 Å². The maximum absolute atomic E-state index is 12.9. The molecule has 2 aromatic heterocycles. The Hall–Kier alpha value is -3.41. The van der Waals surface area contributed by atoms with E-state index in [0.29, 0.717) is 18.7 Å². The zero-order valence-corrected chi connectivity index (χ0v) is 17.7. The third-order valence-corrected chi connectivity index (χ3v) is 6.13. The number of rotatable bonds is 5. The van der Waals surface area contributed by atoms with Gasteiger partial charge < -0.3 is 14.6 Å². The minimum Gasteiger partial charge on any atom is -0.450 e. The third kappa shape index (κ3) is 3.85. The average molecular weight is 415 g/mol. The third-order valence-electron chi connectivity index (χ3n) is 6.13. The lowest BCUT2D eigenvalue weighted by atomic mass is 9.97. The summed E-state index contributed by atoms with van der Waals surface area (Å²) in [5.74, 6) is 0.797. The van der Waals surface area contributed by atoms with Crippen LogP contribution in [0.3, 0.4) is 0 Å². The van der Waals surface area contributed by atoms with Crippen LogP contribution in [-0.2, 0) is 17.8 Å². The summed E-state index contributed by atoms with van der Waals surface area (Å²) in [6.45, 7) is 4.18. The van der Waals surface area contributed by atoms with E-state index in [-0.39, 0.29) is 11.8 Å². The molecule has 0 aliphatic carbocycles. The van der Waals surface area contributed by atoms with E-state index in [1.165, 1.54) is 5.56 Å². The van der Waals surface area contributed by atoms with Crippen molar-refractivity contribution in [1.29, 1.82) is 0 Å². The Balaban J connectivity index is 1.31. The molecular formula is C25H26N4O2. The molecule has 4 aromatic rings. The maximum atomic E-state index is 12.9. The van der Waals surface area contributed by atoms with Crippen LogP contribution in [0.5, 0.6) is 0 Å². The molecule has 1 amide bonds. The number of aryl methyl sites for hydroxylation is 1. The zero-order chi connectivity index (χ0) is 21.2. The van der Waals surface area contributed by atoms with Gasteiger partial charge in [-0.1, -0.05) is 43.3 Å². The smallest absolute Gasteiger partial charge is 0.225 e. The molecule has 2 aromatic carbocycles. The summed E-state index contributed by atoms with van der Waals surface area (Å²) >= 11 is 0. The first-order valence-electron chi connectivity index (χ1n) is 11.0. The molecule has 1 saturated heterocycles. The van der Waals surface area contributed by atoms with Gasteiger partial charge in [0, 0.05) is 25.0 Å². The first-order valence-corrected chi connectivity index (χ1v) is 11.0. The molecule has 0 radical (unpaired) electrons. The van der Waals surface area contributed by atoms with Crippen molar-refractivity contribution in [2.45, 2.75) is 32.7 Å². The number of furan rings is 1. The highest BCUT2D eigenvalue weighted by Gasteiger charge is 2.28. The maximum Gasteiger partial charge on any atom is 0.225 e. The molecule has 1 aliphatic rings. The predicted octanol–water partition coefficient (Wildman–Crippen LogP) is 4.47. The first kappa shape index (κ1) is 19.5. The van der Waals surface area contributed by atoms with Crippen LogP contribution < -0.4 is 10.2 Å². The van der Waals surface area contributed by atoms with Crippen molar-refractivity contribution in [1.82, 2.24) is 15.3 Å². The van der Waals surface area contributed by atoms with Gasteiger partial charge in [-0.15, -0.1) is 0 Å². The number of carbonyl (C=O) groups excluding carboxylic acids is 1. The van der Waals surface area contributed by atoms with E-state index in [1.54, 1.807) is 6.33 Å². The second-order valence-electron chi connectivity index (χ2n) is 8.15. The minimum absolute atomic E-state index is 0.0712. The fraction of sp³-hybridized carbons (Fsp3) is 0.320. The molecular weight excluding hydrogens is 388 g/mol. The van der Waals surface area contributed by atoms with Crippen LogP contribution in [0, 0.1) is 5.92 Å². The highest BCUT2D eigenvalue weighted by molar-refractivity contribution is 6.05. The van der Waals surface area contributed by atoms with Crippen LogP contribution >= 0.6 is 0 Å². The Bertz CT molecular complexity index is 1220. The van der Waals surface area contributed by atoms with E-state index in [4.69, 9.17) is 4.42 Å². The minimum atomic E-state index is -0.0712. The second-order valence-corrected chi connectivity index (χ2v) is 8.15. The SMILES string of the molecule is CCc1ccc(CNC(=O)C2CCCN(c3ncnc4c3oc3ccccc34)C2)cc1. The monoisotopic (exact) mass is 414 g/mol. The molecule has 0 bridgehead atoms. The number of carbonyl (C=O) groups is 1. The number of nitrogens with zero attached hydrogens (tertiary/aromatic N) is 3. The number of anilines is 1. The molecule has 1 aliphatic heterocycles. The van der Waals surface area contributed by atoms with Crippen LogP contribution in [0.25, 0.3) is 22.1 Å². The number of nitrogens with one attached hydrogen (secondary N) is 1. The van der Waals surface area contributed by atoms with Gasteiger partial charge in [0.2, 0.25) is 5.91 Å². The summed E-state index contributed by atoms with van der Waals surface area (Å²) in [5, 5.41) is 4.10. The van der Waals surface area contributed by atoms with Gasteiger partial charge in [-0.2, -0.15) is 0 Å². The van der Waals surface area contributed by atoms with Gasteiger partial charge >= 0.3 is 0 Å². The van der Waals surface area contributed by atoms with Crippen molar-refractivity contribution >= 4 is 33.8 Å². The standard InChI is InChI=1S/C25H26N4O2/c1-2-17-9-11-18(12-10-17)14-26-25(30)19-6-5-13-29(15-19)24-23-22(27-16-28-24)20-7-3-4-8-21(20)31-23/h3-4,7-12,16,19H,2,5-6,13-15H2,1H3,(H,26,30). The van der Waals surface area contributed by atoms with Gasteiger partial charge in [-0.3, -0.25) is 4.79 Å². The van der Waals surface area contributed by atoms with Gasteiger partial charge in [0.05, 0.1) is 5.92 Å². The van der Waals surface area contributed by atoms with Crippen molar-refractivity contribution in [3.8, 4) is 0 Å². The lowest BCUT2D eigenvalue weighted by Crippen LogP contribution is -2.43. The molecule has 6 nitrogen and oxygen atoms in total. The highest BCUT2D eigenvalue weighted by atomic mass is 16.3. The summed E-state index contributed by atoms with van der Waals surface area (Å²) in [4.78, 5) is 24.0. The van der Waals surface area contributed by atoms with E-state index in [0.717, 1.165) is 53.7 Å². The van der Waals surface area contributed by atoms with Crippen LogP contribution in [0.4, 0.5) is 5.82 Å². The number of para-hydroxylation sites is 1. The van der Waals surface area contributed by atoms with Crippen molar-refractivity contribution in [3.63, 3.8) is 0 Å². The molecule has 0 spiro atoms. The van der Waals surface area contributed by atoms with Crippen LogP contribution in [0.2, 0.25) is 0 Å². The largest absolute Gasteiger partial charge is 0.450 e. The van der Waals surface area contributed by atoms with E-state index in [9.17, 15) is 4.79 Å². The van der Waals surface area contributed by atoms with Crippen molar-refractivity contribution < 1.29 is 9.21 Å². The summed E-state index contributed by atoms with van der Waals surface area (Å²) in [6, 6.07) is 16.3. The van der Waals surface area contributed by atoms with Gasteiger partial charge in [0.1, 0.15) is 17.4 Å². The van der Waals surface area contributed by atoms with Crippen molar-refractivity contribution in [2.24, 2.45) is 5.92 Å². The molecule has 158 valence electrons. The lowest BCUT2D eigenvalue weighted by molar-refractivity contribution is -0.125. The van der Waals surface area contributed by atoms with E-state index in [1.807, 2.05) is 24.3 Å². The zero-order valence-electron chi connectivity index (χ0n) is 17.7. The number of piperidine rings is 1. The fourth-order valence-corrected chi connectivity index (χ4v) is 4.35. The molecule has 1 atom stereocenters. The lowest BCUT2D eigenvalue weighted by Gasteiger charge is -2.32. The topological polar surface area (TPSA) is 71.3 Å². The van der Waals surface area contributed by atoms with Gasteiger partial charge in [-0.25, -0.2) is 9.97 Å². The quantitative estimate of drug-likeness (QED) is 0.522. The first-order chi connectivity index (χ1) is 15.2. The van der Waals surface area contributed by atoms with Gasteiger partial charge in [0.15, 0.2) is 11.4 Å². The predicted molar refractivity (Wildman–Crippen MR) is 122 cm³/mol. The Morgan fingerprint density at radius 2 is 1.94 bits per heavy atom. The van der Waals surface area contributed by atoms with E-state index >= 15 is 0 Å². The van der Waals surface area contributed by atoms with Crippen LogP contribution in [0.1, 0.15) is 30.9 Å². The summed E-state index contributed by atoms with van der Waals surface area (Å²) < 4.78 is 6.09. The second kappa shape index (κ2) is 8.38. The fourth-order valence-electron chi connectivity index (χ4n) is 4.35. The molecule has 0 saturated carbocycles. The molecule has 6 heteroatoms. The molecule has 1 fully saturated rings. The number of aromatic nitrogens is 2. The molecule has 3 heterocycles. The summed E-state index contributed by atoms with van der Waals surface area (Å²) in [5.41, 5.74) is 4.75. The Kier molecular flexibility index (Phi) is 5.28. The number of fused-ring (bicyclic) bond motifs is 3. The molecule has 1 N–H and O–H groups in total. The van der Waals surface area contributed by atoms with Gasteiger partial charge in [0.25, 0.3) is 0 Å². The van der Waals surface area contributed by atoms with Crippen LogP contribution in [-0.4, -0.2) is 29.0 Å². The molecule has 31 heavy (non-hydrogen) atoms. The summed E-state index contributed by atoms with van der Waals surface area (Å²) in [7, 11) is 0. The molecule has 5 rings (SSSR count). The van der Waals surface area contributed by atoms with Crippen LogP contribution in [0.15, 0.2) is 59.3 Å². The Labute approximate surface area is 181 Å². The highest BCUT2D eigenvalue weighted by Crippen LogP contribution is 2.33. The number of amides is 1.